The molecule has 0 saturated heterocycles. The van der Waals surface area contributed by atoms with Gasteiger partial charge < -0.3 is 5.32 Å². The summed E-state index contributed by atoms with van der Waals surface area (Å²) in [6, 6.07) is 3.72. The zero-order chi connectivity index (χ0) is 15.6. The highest BCUT2D eigenvalue weighted by atomic mass is 19.1. The second-order valence-electron chi connectivity index (χ2n) is 6.12. The normalized spacial score (nSPS) is 24.2. The summed E-state index contributed by atoms with van der Waals surface area (Å²) in [5, 5.41) is 2.96. The van der Waals surface area contributed by atoms with Gasteiger partial charge in [0.05, 0.1) is 0 Å². The predicted molar refractivity (Wildman–Crippen MR) is 78.9 cm³/mol. The van der Waals surface area contributed by atoms with Crippen LogP contribution in [0.1, 0.15) is 45.6 Å². The monoisotopic (exact) mass is 295 g/mol. The van der Waals surface area contributed by atoms with Gasteiger partial charge in [0, 0.05) is 23.9 Å². The fourth-order valence-corrected chi connectivity index (χ4v) is 3.15. The molecule has 1 saturated carbocycles. The molecule has 1 N–H and O–H groups in total. The summed E-state index contributed by atoms with van der Waals surface area (Å²) in [5.41, 5.74) is 0.140. The average molecular weight is 295 g/mol. The zero-order valence-corrected chi connectivity index (χ0v) is 12.9. The molecule has 21 heavy (non-hydrogen) atoms. The summed E-state index contributed by atoms with van der Waals surface area (Å²) in [6.07, 6.45) is 2.42. The molecular formula is C17H23F2NO. The smallest absolute Gasteiger partial charge is 0.223 e. The van der Waals surface area contributed by atoms with Crippen LogP contribution in [0.15, 0.2) is 18.2 Å². The number of halogens is 2. The lowest BCUT2D eigenvalue weighted by atomic mass is 9.92. The van der Waals surface area contributed by atoms with Gasteiger partial charge in [0.15, 0.2) is 0 Å². The van der Waals surface area contributed by atoms with Gasteiger partial charge in [0.1, 0.15) is 11.6 Å². The molecule has 1 aromatic rings. The SMILES string of the molecule is CCC(CC)C(=O)NCC1(c2ccc(F)cc2F)CC1C. The van der Waals surface area contributed by atoms with Crippen LogP contribution in [0.5, 0.6) is 0 Å². The van der Waals surface area contributed by atoms with E-state index in [9.17, 15) is 13.6 Å². The Balaban J connectivity index is 2.11. The lowest BCUT2D eigenvalue weighted by Gasteiger charge is -2.21. The minimum absolute atomic E-state index is 0.00849. The van der Waals surface area contributed by atoms with Crippen molar-refractivity contribution in [1.82, 2.24) is 5.32 Å². The summed E-state index contributed by atoms with van der Waals surface area (Å²) in [4.78, 5) is 12.1. The van der Waals surface area contributed by atoms with Gasteiger partial charge in [-0.1, -0.05) is 26.8 Å². The van der Waals surface area contributed by atoms with Crippen molar-refractivity contribution in [2.75, 3.05) is 6.54 Å². The molecule has 0 aliphatic heterocycles. The maximum absolute atomic E-state index is 14.0. The fraction of sp³-hybridized carbons (Fsp3) is 0.588. The van der Waals surface area contributed by atoms with Gasteiger partial charge >= 0.3 is 0 Å². The second-order valence-corrected chi connectivity index (χ2v) is 6.12. The van der Waals surface area contributed by atoms with E-state index in [1.54, 1.807) is 0 Å². The fourth-order valence-electron chi connectivity index (χ4n) is 3.15. The van der Waals surface area contributed by atoms with E-state index in [-0.39, 0.29) is 17.2 Å². The number of carbonyl (C=O) groups excluding carboxylic acids is 1. The number of hydrogen-bond acceptors (Lipinski definition) is 1. The van der Waals surface area contributed by atoms with Gasteiger partial charge in [-0.2, -0.15) is 0 Å². The molecule has 2 rings (SSSR count). The Morgan fingerprint density at radius 2 is 2.00 bits per heavy atom. The second kappa shape index (κ2) is 6.12. The molecule has 0 spiro atoms. The summed E-state index contributed by atoms with van der Waals surface area (Å²) in [5.74, 6) is -0.758. The molecule has 2 unspecified atom stereocenters. The molecule has 1 aromatic carbocycles. The summed E-state index contributed by atoms with van der Waals surface area (Å²) < 4.78 is 27.1. The van der Waals surface area contributed by atoms with Crippen LogP contribution < -0.4 is 5.32 Å². The van der Waals surface area contributed by atoms with E-state index in [1.807, 2.05) is 20.8 Å². The lowest BCUT2D eigenvalue weighted by molar-refractivity contribution is -0.125. The van der Waals surface area contributed by atoms with Gasteiger partial charge in [-0.25, -0.2) is 8.78 Å². The number of rotatable bonds is 6. The van der Waals surface area contributed by atoms with Crippen LogP contribution in [0.3, 0.4) is 0 Å². The number of nitrogens with one attached hydrogen (secondary N) is 1. The first kappa shape index (κ1) is 15.9. The molecule has 2 nitrogen and oxygen atoms in total. The lowest BCUT2D eigenvalue weighted by Crippen LogP contribution is -2.37. The quantitative estimate of drug-likeness (QED) is 0.850. The molecule has 0 bridgehead atoms. The number of hydrogen-bond donors (Lipinski definition) is 1. The Morgan fingerprint density at radius 1 is 1.38 bits per heavy atom. The van der Waals surface area contributed by atoms with Crippen LogP contribution in [0.2, 0.25) is 0 Å². The Hall–Kier alpha value is -1.45. The third-order valence-electron chi connectivity index (χ3n) is 4.86. The molecular weight excluding hydrogens is 272 g/mol. The van der Waals surface area contributed by atoms with Crippen molar-refractivity contribution >= 4 is 5.91 Å². The first-order valence-corrected chi connectivity index (χ1v) is 7.67. The van der Waals surface area contributed by atoms with Crippen molar-refractivity contribution in [3.8, 4) is 0 Å². The van der Waals surface area contributed by atoms with Crippen molar-refractivity contribution in [1.29, 1.82) is 0 Å². The van der Waals surface area contributed by atoms with Crippen LogP contribution in [0.4, 0.5) is 8.78 Å². The standard InChI is InChI=1S/C17H23F2NO/c1-4-12(5-2)16(21)20-10-17(9-11(17)3)14-7-6-13(18)8-15(14)19/h6-8,11-12H,4-5,9-10H2,1-3H3,(H,20,21). The highest BCUT2D eigenvalue weighted by Gasteiger charge is 2.53. The maximum Gasteiger partial charge on any atom is 0.223 e. The van der Waals surface area contributed by atoms with E-state index in [2.05, 4.69) is 5.32 Å². The summed E-state index contributed by atoms with van der Waals surface area (Å²) in [7, 11) is 0. The van der Waals surface area contributed by atoms with E-state index in [0.29, 0.717) is 18.0 Å². The Kier molecular flexibility index (Phi) is 4.64. The molecule has 1 aliphatic rings. The molecule has 4 heteroatoms. The molecule has 1 fully saturated rings. The highest BCUT2D eigenvalue weighted by molar-refractivity contribution is 5.78. The first-order valence-electron chi connectivity index (χ1n) is 7.67. The third-order valence-corrected chi connectivity index (χ3v) is 4.86. The van der Waals surface area contributed by atoms with Crippen LogP contribution in [0, 0.1) is 23.5 Å². The minimum Gasteiger partial charge on any atom is -0.355 e. The summed E-state index contributed by atoms with van der Waals surface area (Å²) >= 11 is 0. The molecule has 0 heterocycles. The predicted octanol–water partition coefficient (Wildman–Crippen LogP) is 3.79. The number of benzene rings is 1. The van der Waals surface area contributed by atoms with Crippen LogP contribution in [-0.2, 0) is 10.2 Å². The van der Waals surface area contributed by atoms with Crippen molar-refractivity contribution in [2.24, 2.45) is 11.8 Å². The number of carbonyl (C=O) groups is 1. The van der Waals surface area contributed by atoms with Crippen molar-refractivity contribution in [3.63, 3.8) is 0 Å². The molecule has 1 amide bonds. The molecule has 2 atom stereocenters. The average Bonchev–Trinajstić information content (AvgIpc) is 3.09. The minimum atomic E-state index is -0.569. The Bertz CT molecular complexity index is 528. The molecule has 0 aromatic heterocycles. The summed E-state index contributed by atoms with van der Waals surface area (Å²) in [6.45, 7) is 6.43. The van der Waals surface area contributed by atoms with Gasteiger partial charge in [-0.05, 0) is 36.8 Å². The molecule has 1 aliphatic carbocycles. The zero-order valence-electron chi connectivity index (χ0n) is 12.9. The van der Waals surface area contributed by atoms with Gasteiger partial charge in [0.25, 0.3) is 0 Å². The van der Waals surface area contributed by atoms with Crippen molar-refractivity contribution < 1.29 is 13.6 Å². The van der Waals surface area contributed by atoms with E-state index in [1.165, 1.54) is 12.1 Å². The van der Waals surface area contributed by atoms with Crippen molar-refractivity contribution in [3.05, 3.63) is 35.4 Å². The maximum atomic E-state index is 14.0. The van der Waals surface area contributed by atoms with E-state index in [0.717, 1.165) is 25.3 Å². The Labute approximate surface area is 124 Å². The number of amides is 1. The molecule has 0 radical (unpaired) electrons. The van der Waals surface area contributed by atoms with Crippen LogP contribution in [-0.4, -0.2) is 12.5 Å². The van der Waals surface area contributed by atoms with E-state index >= 15 is 0 Å². The van der Waals surface area contributed by atoms with Gasteiger partial charge in [-0.3, -0.25) is 4.79 Å². The van der Waals surface area contributed by atoms with E-state index < -0.39 is 11.6 Å². The topological polar surface area (TPSA) is 29.1 Å². The first-order chi connectivity index (χ1) is 9.94. The highest BCUT2D eigenvalue weighted by Crippen LogP contribution is 2.54. The van der Waals surface area contributed by atoms with Crippen molar-refractivity contribution in [2.45, 2.75) is 45.4 Å². The van der Waals surface area contributed by atoms with Crippen LogP contribution in [0.25, 0.3) is 0 Å². The van der Waals surface area contributed by atoms with Gasteiger partial charge in [0.2, 0.25) is 5.91 Å². The Morgan fingerprint density at radius 3 is 2.48 bits per heavy atom. The molecule has 116 valence electrons. The van der Waals surface area contributed by atoms with Gasteiger partial charge in [-0.15, -0.1) is 0 Å². The third kappa shape index (κ3) is 3.09. The van der Waals surface area contributed by atoms with E-state index in [4.69, 9.17) is 0 Å². The largest absolute Gasteiger partial charge is 0.355 e. The van der Waals surface area contributed by atoms with Crippen LogP contribution >= 0.6 is 0 Å².